The lowest BCUT2D eigenvalue weighted by atomic mass is 10.3. The number of hydrogen-bond acceptors (Lipinski definition) is 3. The molecule has 0 radical (unpaired) electrons. The summed E-state index contributed by atoms with van der Waals surface area (Å²) in [6.45, 7) is 2.23. The zero-order valence-electron chi connectivity index (χ0n) is 10.4. The Balaban J connectivity index is 2.52. The maximum Gasteiger partial charge on any atom is 0.324 e. The minimum atomic E-state index is -0.451. The highest BCUT2D eigenvalue weighted by atomic mass is 35.5. The van der Waals surface area contributed by atoms with Gasteiger partial charge in [-0.3, -0.25) is 15.1 Å². The van der Waals surface area contributed by atoms with E-state index in [0.29, 0.717) is 6.54 Å². The van der Waals surface area contributed by atoms with E-state index in [-0.39, 0.29) is 18.2 Å². The molecular weight excluding hydrogens is 254 g/mol. The number of amides is 3. The molecule has 0 saturated carbocycles. The van der Waals surface area contributed by atoms with E-state index in [2.05, 4.69) is 10.3 Å². The second-order valence-corrected chi connectivity index (χ2v) is 4.30. The van der Waals surface area contributed by atoms with Crippen LogP contribution in [-0.2, 0) is 11.3 Å². The van der Waals surface area contributed by atoms with Crippen molar-refractivity contribution < 1.29 is 9.59 Å². The van der Waals surface area contributed by atoms with E-state index in [1.165, 1.54) is 4.90 Å². The molecule has 5 nitrogen and oxygen atoms in total. The van der Waals surface area contributed by atoms with Crippen LogP contribution in [0.15, 0.2) is 18.2 Å². The molecule has 1 rings (SSSR count). The fraction of sp³-hybridized carbons (Fsp3) is 0.417. The third-order valence-electron chi connectivity index (χ3n) is 2.26. The van der Waals surface area contributed by atoms with Crippen molar-refractivity contribution in [3.8, 4) is 0 Å². The summed E-state index contributed by atoms with van der Waals surface area (Å²) in [6, 6.07) is 5.14. The molecule has 3 amide bonds. The number of rotatable bonds is 4. The quantitative estimate of drug-likeness (QED) is 0.846. The molecule has 0 spiro atoms. The lowest BCUT2D eigenvalue weighted by Crippen LogP contribution is -2.40. The molecule has 0 unspecified atom stereocenters. The summed E-state index contributed by atoms with van der Waals surface area (Å²) < 4.78 is 0. The number of alkyl halides is 1. The van der Waals surface area contributed by atoms with Crippen molar-refractivity contribution in [2.75, 3.05) is 12.9 Å². The molecule has 0 aliphatic heterocycles. The number of nitrogens with one attached hydrogen (secondary N) is 1. The Hall–Kier alpha value is -1.62. The molecule has 18 heavy (non-hydrogen) atoms. The Morgan fingerprint density at radius 3 is 2.78 bits per heavy atom. The third-order valence-corrected chi connectivity index (χ3v) is 2.45. The lowest BCUT2D eigenvalue weighted by Gasteiger charge is -2.16. The molecule has 0 fully saturated rings. The van der Waals surface area contributed by atoms with Crippen LogP contribution in [0.1, 0.15) is 17.8 Å². The normalized spacial score (nSPS) is 9.94. The second-order valence-electron chi connectivity index (χ2n) is 3.92. The number of imide groups is 1. The van der Waals surface area contributed by atoms with Crippen LogP contribution in [0.4, 0.5) is 4.79 Å². The summed E-state index contributed by atoms with van der Waals surface area (Å²) in [4.78, 5) is 28.5. The summed E-state index contributed by atoms with van der Waals surface area (Å²) >= 11 is 5.41. The van der Waals surface area contributed by atoms with Gasteiger partial charge in [0.1, 0.15) is 0 Å². The lowest BCUT2D eigenvalue weighted by molar-refractivity contribution is -0.119. The summed E-state index contributed by atoms with van der Waals surface area (Å²) in [6.07, 6.45) is 0.129. The molecule has 6 heteroatoms. The van der Waals surface area contributed by atoms with Gasteiger partial charge < -0.3 is 4.90 Å². The average molecular weight is 270 g/mol. The van der Waals surface area contributed by atoms with E-state index in [0.717, 1.165) is 11.4 Å². The first-order valence-corrected chi connectivity index (χ1v) is 6.10. The average Bonchev–Trinajstić information content (AvgIpc) is 2.29. The Kier molecular flexibility index (Phi) is 5.58. The third kappa shape index (κ3) is 4.71. The van der Waals surface area contributed by atoms with Crippen molar-refractivity contribution in [3.05, 3.63) is 29.6 Å². The van der Waals surface area contributed by atoms with Gasteiger partial charge in [-0.1, -0.05) is 6.07 Å². The minimum Gasteiger partial charge on any atom is -0.322 e. The standard InChI is InChI=1S/C12H16ClN3O2/c1-9-4-3-5-10(14-9)8-16(2)12(18)15-11(17)6-7-13/h3-5H,6-8H2,1-2H3,(H,15,17,18). The van der Waals surface area contributed by atoms with Crippen molar-refractivity contribution in [2.45, 2.75) is 19.9 Å². The number of halogens is 1. The van der Waals surface area contributed by atoms with E-state index in [1.807, 2.05) is 25.1 Å². The van der Waals surface area contributed by atoms with Gasteiger partial charge in [0.15, 0.2) is 0 Å². The SMILES string of the molecule is Cc1cccc(CN(C)C(=O)NC(=O)CCCl)n1. The molecule has 0 aliphatic carbocycles. The van der Waals surface area contributed by atoms with Crippen LogP contribution in [0, 0.1) is 6.92 Å². The summed E-state index contributed by atoms with van der Waals surface area (Å²) in [5, 5.41) is 2.25. The first-order valence-electron chi connectivity index (χ1n) is 5.56. The molecular formula is C12H16ClN3O2. The predicted octanol–water partition coefficient (Wildman–Crippen LogP) is 1.69. The maximum atomic E-state index is 11.6. The van der Waals surface area contributed by atoms with E-state index in [1.54, 1.807) is 7.05 Å². The molecule has 0 atom stereocenters. The van der Waals surface area contributed by atoms with Gasteiger partial charge in [-0.25, -0.2) is 4.79 Å². The number of urea groups is 1. The Bertz CT molecular complexity index is 437. The van der Waals surface area contributed by atoms with Crippen LogP contribution in [-0.4, -0.2) is 34.7 Å². The predicted molar refractivity (Wildman–Crippen MR) is 69.3 cm³/mol. The van der Waals surface area contributed by atoms with E-state index < -0.39 is 6.03 Å². The molecule has 1 aromatic heterocycles. The zero-order valence-corrected chi connectivity index (χ0v) is 11.2. The van der Waals surface area contributed by atoms with Crippen LogP contribution in [0.3, 0.4) is 0 Å². The molecule has 0 bridgehead atoms. The molecule has 0 aliphatic rings. The van der Waals surface area contributed by atoms with Crippen LogP contribution in [0.25, 0.3) is 0 Å². The van der Waals surface area contributed by atoms with E-state index in [9.17, 15) is 9.59 Å². The van der Waals surface area contributed by atoms with Gasteiger partial charge in [0.05, 0.1) is 12.2 Å². The second kappa shape index (κ2) is 6.96. The fourth-order valence-corrected chi connectivity index (χ4v) is 1.54. The monoisotopic (exact) mass is 269 g/mol. The van der Waals surface area contributed by atoms with Crippen molar-refractivity contribution in [2.24, 2.45) is 0 Å². The summed E-state index contributed by atoms with van der Waals surface area (Å²) in [5.74, 6) is -0.179. The van der Waals surface area contributed by atoms with Crippen LogP contribution >= 0.6 is 11.6 Å². The topological polar surface area (TPSA) is 62.3 Å². The van der Waals surface area contributed by atoms with Gasteiger partial charge in [0, 0.05) is 25.0 Å². The van der Waals surface area contributed by atoms with Gasteiger partial charge in [-0.2, -0.15) is 0 Å². The first-order chi connectivity index (χ1) is 8.52. The molecule has 1 N–H and O–H groups in total. The van der Waals surface area contributed by atoms with Gasteiger partial charge >= 0.3 is 6.03 Å². The maximum absolute atomic E-state index is 11.6. The van der Waals surface area contributed by atoms with Crippen molar-refractivity contribution in [1.82, 2.24) is 15.2 Å². The van der Waals surface area contributed by atoms with E-state index in [4.69, 9.17) is 11.6 Å². The molecule has 0 aromatic carbocycles. The van der Waals surface area contributed by atoms with Gasteiger partial charge in [0.25, 0.3) is 0 Å². The Labute approximate surface area is 111 Å². The molecule has 98 valence electrons. The Morgan fingerprint density at radius 2 is 2.17 bits per heavy atom. The van der Waals surface area contributed by atoms with Gasteiger partial charge in [-0.05, 0) is 19.1 Å². The van der Waals surface area contributed by atoms with Crippen molar-refractivity contribution >= 4 is 23.5 Å². The van der Waals surface area contributed by atoms with Crippen molar-refractivity contribution in [1.29, 1.82) is 0 Å². The fourth-order valence-electron chi connectivity index (χ4n) is 1.37. The van der Waals surface area contributed by atoms with Crippen LogP contribution < -0.4 is 5.32 Å². The highest BCUT2D eigenvalue weighted by Gasteiger charge is 2.12. The largest absolute Gasteiger partial charge is 0.324 e. The molecule has 0 saturated heterocycles. The first kappa shape index (κ1) is 14.4. The number of hydrogen-bond donors (Lipinski definition) is 1. The number of carbonyl (C=O) groups is 2. The number of pyridine rings is 1. The zero-order chi connectivity index (χ0) is 13.5. The van der Waals surface area contributed by atoms with E-state index >= 15 is 0 Å². The molecule has 1 aromatic rings. The number of aromatic nitrogens is 1. The highest BCUT2D eigenvalue weighted by Crippen LogP contribution is 2.02. The summed E-state index contributed by atoms with van der Waals surface area (Å²) in [5.41, 5.74) is 1.66. The van der Waals surface area contributed by atoms with Gasteiger partial charge in [-0.15, -0.1) is 11.6 Å². The summed E-state index contributed by atoms with van der Waals surface area (Å²) in [7, 11) is 1.60. The Morgan fingerprint density at radius 1 is 1.44 bits per heavy atom. The van der Waals surface area contributed by atoms with Crippen LogP contribution in [0.5, 0.6) is 0 Å². The van der Waals surface area contributed by atoms with Gasteiger partial charge in [0.2, 0.25) is 5.91 Å². The minimum absolute atomic E-state index is 0.129. The number of nitrogens with zero attached hydrogens (tertiary/aromatic N) is 2. The van der Waals surface area contributed by atoms with Crippen LogP contribution in [0.2, 0.25) is 0 Å². The number of carbonyl (C=O) groups excluding carboxylic acids is 2. The number of aryl methyl sites for hydroxylation is 1. The van der Waals surface area contributed by atoms with Crippen molar-refractivity contribution in [3.63, 3.8) is 0 Å². The molecule has 1 heterocycles. The highest BCUT2D eigenvalue weighted by molar-refractivity contribution is 6.19. The smallest absolute Gasteiger partial charge is 0.322 e.